The van der Waals surface area contributed by atoms with E-state index >= 15 is 0 Å². The lowest BCUT2D eigenvalue weighted by Gasteiger charge is -2.06. The number of pyridine rings is 1. The van der Waals surface area contributed by atoms with Crippen LogP contribution >= 0.6 is 0 Å². The van der Waals surface area contributed by atoms with Crippen LogP contribution in [0.3, 0.4) is 0 Å². The second-order valence-electron chi connectivity index (χ2n) is 5.84. The van der Waals surface area contributed by atoms with Gasteiger partial charge in [0.05, 0.1) is 5.69 Å². The number of aromatic nitrogens is 4. The fourth-order valence-electron chi connectivity index (χ4n) is 2.60. The van der Waals surface area contributed by atoms with Crippen molar-refractivity contribution in [3.05, 3.63) is 78.6 Å². The van der Waals surface area contributed by atoms with Crippen molar-refractivity contribution in [1.29, 1.82) is 0 Å². The molecule has 1 amide bonds. The lowest BCUT2D eigenvalue weighted by Crippen LogP contribution is -2.12. The van der Waals surface area contributed by atoms with E-state index in [2.05, 4.69) is 25.4 Å². The summed E-state index contributed by atoms with van der Waals surface area (Å²) >= 11 is 0. The molecule has 0 atom stereocenters. The minimum Gasteiger partial charge on any atom is -0.355 e. The summed E-state index contributed by atoms with van der Waals surface area (Å²) in [6, 6.07) is 14.5. The van der Waals surface area contributed by atoms with Crippen molar-refractivity contribution < 1.29 is 9.32 Å². The Bertz CT molecular complexity index is 1090. The third kappa shape index (κ3) is 3.72. The van der Waals surface area contributed by atoms with E-state index < -0.39 is 0 Å². The Balaban J connectivity index is 1.54. The van der Waals surface area contributed by atoms with Crippen molar-refractivity contribution in [2.24, 2.45) is 0 Å². The molecule has 0 aliphatic carbocycles. The number of hydrogen-bond donors (Lipinski definition) is 1. The van der Waals surface area contributed by atoms with Gasteiger partial charge in [0.25, 0.3) is 5.91 Å². The first-order valence-electron chi connectivity index (χ1n) is 8.27. The lowest BCUT2D eigenvalue weighted by atomic mass is 10.1. The van der Waals surface area contributed by atoms with E-state index in [1.807, 2.05) is 37.3 Å². The summed E-state index contributed by atoms with van der Waals surface area (Å²) in [6.07, 6.45) is 5.02. The van der Waals surface area contributed by atoms with E-state index in [4.69, 9.17) is 4.52 Å². The normalized spacial score (nSPS) is 10.6. The number of aryl methyl sites for hydroxylation is 1. The molecule has 27 heavy (non-hydrogen) atoms. The molecule has 0 saturated carbocycles. The van der Waals surface area contributed by atoms with Gasteiger partial charge < -0.3 is 9.84 Å². The van der Waals surface area contributed by atoms with E-state index in [0.29, 0.717) is 17.3 Å². The first-order valence-corrected chi connectivity index (χ1v) is 8.27. The summed E-state index contributed by atoms with van der Waals surface area (Å²) in [7, 11) is 0. The maximum absolute atomic E-state index is 12.5. The number of rotatable bonds is 4. The largest absolute Gasteiger partial charge is 0.355 e. The van der Waals surface area contributed by atoms with Crippen molar-refractivity contribution >= 4 is 11.6 Å². The number of benzene rings is 1. The molecular weight excluding hydrogens is 342 g/mol. The molecule has 0 unspecified atom stereocenters. The Labute approximate surface area is 155 Å². The molecule has 1 aromatic carbocycles. The summed E-state index contributed by atoms with van der Waals surface area (Å²) in [5.74, 6) is 0.816. The number of hydrogen-bond acceptors (Lipinski definition) is 6. The Morgan fingerprint density at radius 1 is 1.04 bits per heavy atom. The van der Waals surface area contributed by atoms with Crippen molar-refractivity contribution in [3.8, 4) is 22.6 Å². The lowest BCUT2D eigenvalue weighted by molar-refractivity contribution is 0.101. The molecule has 7 nitrogen and oxygen atoms in total. The van der Waals surface area contributed by atoms with Gasteiger partial charge in [0, 0.05) is 41.5 Å². The maximum atomic E-state index is 12.5. The molecule has 0 radical (unpaired) electrons. The maximum Gasteiger partial charge on any atom is 0.277 e. The van der Waals surface area contributed by atoms with Gasteiger partial charge in [-0.1, -0.05) is 17.3 Å². The van der Waals surface area contributed by atoms with Crippen LogP contribution in [-0.4, -0.2) is 26.0 Å². The first-order chi connectivity index (χ1) is 13.2. The van der Waals surface area contributed by atoms with Crippen LogP contribution < -0.4 is 5.32 Å². The van der Waals surface area contributed by atoms with Gasteiger partial charge in [-0.25, -0.2) is 9.97 Å². The Hall–Kier alpha value is -3.87. The summed E-state index contributed by atoms with van der Waals surface area (Å²) in [5.41, 5.74) is 3.26. The molecule has 0 aliphatic heterocycles. The van der Waals surface area contributed by atoms with Crippen LogP contribution in [0.15, 0.2) is 71.6 Å². The Morgan fingerprint density at radius 2 is 1.93 bits per heavy atom. The fourth-order valence-corrected chi connectivity index (χ4v) is 2.60. The predicted molar refractivity (Wildman–Crippen MR) is 99.9 cm³/mol. The summed E-state index contributed by atoms with van der Waals surface area (Å²) in [6.45, 7) is 1.83. The van der Waals surface area contributed by atoms with Crippen molar-refractivity contribution in [2.45, 2.75) is 6.92 Å². The van der Waals surface area contributed by atoms with Gasteiger partial charge in [0.15, 0.2) is 11.5 Å². The molecule has 1 N–H and O–H groups in total. The van der Waals surface area contributed by atoms with Gasteiger partial charge in [-0.15, -0.1) is 0 Å². The van der Waals surface area contributed by atoms with Gasteiger partial charge in [0.2, 0.25) is 0 Å². The quantitative estimate of drug-likeness (QED) is 0.598. The molecule has 0 saturated heterocycles. The molecule has 0 spiro atoms. The highest BCUT2D eigenvalue weighted by Gasteiger charge is 2.14. The molecule has 0 aliphatic rings. The van der Waals surface area contributed by atoms with Crippen LogP contribution in [0.5, 0.6) is 0 Å². The van der Waals surface area contributed by atoms with Crippen molar-refractivity contribution in [2.75, 3.05) is 5.32 Å². The van der Waals surface area contributed by atoms with E-state index in [9.17, 15) is 4.79 Å². The zero-order chi connectivity index (χ0) is 18.6. The van der Waals surface area contributed by atoms with Gasteiger partial charge in [0.1, 0.15) is 5.82 Å². The minimum absolute atomic E-state index is 0.192. The zero-order valence-electron chi connectivity index (χ0n) is 14.5. The zero-order valence-corrected chi connectivity index (χ0v) is 14.5. The van der Waals surface area contributed by atoms with Gasteiger partial charge in [-0.3, -0.25) is 9.78 Å². The van der Waals surface area contributed by atoms with Crippen molar-refractivity contribution in [1.82, 2.24) is 20.1 Å². The number of nitrogens with zero attached hydrogens (tertiary/aromatic N) is 4. The SMILES string of the molecule is Cc1nccc(-c2cccc(NC(=O)c3cc(-c4cccnc4)on3)c2)n1. The second kappa shape index (κ2) is 7.17. The molecule has 4 rings (SSSR count). The highest BCUT2D eigenvalue weighted by Crippen LogP contribution is 2.22. The number of anilines is 1. The van der Waals surface area contributed by atoms with Gasteiger partial charge in [-0.05, 0) is 37.3 Å². The van der Waals surface area contributed by atoms with Crippen LogP contribution in [0, 0.1) is 6.92 Å². The second-order valence-corrected chi connectivity index (χ2v) is 5.84. The van der Waals surface area contributed by atoms with Crippen LogP contribution in [0.2, 0.25) is 0 Å². The third-order valence-electron chi connectivity index (χ3n) is 3.88. The molecule has 132 valence electrons. The topological polar surface area (TPSA) is 93.8 Å². The summed E-state index contributed by atoms with van der Waals surface area (Å²) in [5, 5.41) is 6.67. The summed E-state index contributed by atoms with van der Waals surface area (Å²) in [4.78, 5) is 25.0. The Kier molecular flexibility index (Phi) is 4.40. The molecule has 0 bridgehead atoms. The smallest absolute Gasteiger partial charge is 0.277 e. The van der Waals surface area contributed by atoms with E-state index in [1.165, 1.54) is 0 Å². The minimum atomic E-state index is -0.357. The number of amides is 1. The molecule has 7 heteroatoms. The number of carbonyl (C=O) groups excluding carboxylic acids is 1. The van der Waals surface area contributed by atoms with Crippen LogP contribution in [0.1, 0.15) is 16.3 Å². The molecule has 4 aromatic rings. The molecule has 0 fully saturated rings. The van der Waals surface area contributed by atoms with E-state index in [1.54, 1.807) is 36.8 Å². The fraction of sp³-hybridized carbons (Fsp3) is 0.0500. The molecule has 3 heterocycles. The van der Waals surface area contributed by atoms with Crippen LogP contribution in [0.25, 0.3) is 22.6 Å². The number of nitrogens with one attached hydrogen (secondary N) is 1. The summed E-state index contributed by atoms with van der Waals surface area (Å²) < 4.78 is 5.25. The first kappa shape index (κ1) is 16.6. The van der Waals surface area contributed by atoms with Crippen molar-refractivity contribution in [3.63, 3.8) is 0 Å². The predicted octanol–water partition coefficient (Wildman–Crippen LogP) is 3.75. The highest BCUT2D eigenvalue weighted by molar-refractivity contribution is 6.03. The third-order valence-corrected chi connectivity index (χ3v) is 3.88. The monoisotopic (exact) mass is 357 g/mol. The van der Waals surface area contributed by atoms with E-state index in [-0.39, 0.29) is 11.6 Å². The van der Waals surface area contributed by atoms with E-state index in [0.717, 1.165) is 16.8 Å². The average molecular weight is 357 g/mol. The molecular formula is C20H15N5O2. The highest BCUT2D eigenvalue weighted by atomic mass is 16.5. The van der Waals surface area contributed by atoms with Gasteiger partial charge in [-0.2, -0.15) is 0 Å². The van der Waals surface area contributed by atoms with Crippen LogP contribution in [-0.2, 0) is 0 Å². The molecule has 3 aromatic heterocycles. The number of carbonyl (C=O) groups is 1. The van der Waals surface area contributed by atoms with Crippen LogP contribution in [0.4, 0.5) is 5.69 Å². The average Bonchev–Trinajstić information content (AvgIpc) is 3.19. The Morgan fingerprint density at radius 3 is 2.74 bits per heavy atom. The standard InChI is InChI=1S/C20H15N5O2/c1-13-22-9-7-17(23-13)14-4-2-6-16(10-14)24-20(26)18-11-19(27-25-18)15-5-3-8-21-12-15/h2-12H,1H3,(H,24,26). The van der Waals surface area contributed by atoms with Gasteiger partial charge >= 0.3 is 0 Å².